The summed E-state index contributed by atoms with van der Waals surface area (Å²) in [6.07, 6.45) is 3.58. The van der Waals surface area contributed by atoms with Gasteiger partial charge in [-0.2, -0.15) is 0 Å². The molecule has 1 aromatic rings. The Morgan fingerprint density at radius 2 is 2.25 bits per heavy atom. The number of nitro groups is 1. The van der Waals surface area contributed by atoms with Crippen LogP contribution in [0.15, 0.2) is 18.2 Å². The minimum atomic E-state index is -0.402. The molecule has 0 spiro atoms. The number of rotatable bonds is 4. The lowest BCUT2D eigenvalue weighted by Crippen LogP contribution is -2.33. The molecular formula is C14H19N3O3. The minimum absolute atomic E-state index is 0.0128. The first-order valence-electron chi connectivity index (χ1n) is 7.02. The van der Waals surface area contributed by atoms with Crippen LogP contribution >= 0.6 is 0 Å². The maximum Gasteiger partial charge on any atom is 0.312 e. The zero-order valence-electron chi connectivity index (χ0n) is 11.5. The first-order chi connectivity index (χ1) is 9.69. The smallest absolute Gasteiger partial charge is 0.312 e. The Morgan fingerprint density at radius 1 is 1.40 bits per heavy atom. The van der Waals surface area contributed by atoms with Gasteiger partial charge in [-0.05, 0) is 37.9 Å². The topological polar surface area (TPSA) is 67.6 Å². The molecular weight excluding hydrogens is 258 g/mol. The molecule has 1 N–H and O–H groups in total. The second-order valence-corrected chi connectivity index (χ2v) is 5.43. The predicted octanol–water partition coefficient (Wildman–Crippen LogP) is 2.25. The van der Waals surface area contributed by atoms with Crippen molar-refractivity contribution in [3.05, 3.63) is 28.3 Å². The molecule has 20 heavy (non-hydrogen) atoms. The zero-order valence-corrected chi connectivity index (χ0v) is 11.5. The first kappa shape index (κ1) is 13.2. The fraction of sp³-hybridized carbons (Fsp3) is 0.571. The van der Waals surface area contributed by atoms with Gasteiger partial charge in [-0.25, -0.2) is 0 Å². The Kier molecular flexibility index (Phi) is 3.48. The molecule has 0 amide bonds. The van der Waals surface area contributed by atoms with Crippen molar-refractivity contribution >= 4 is 11.4 Å². The van der Waals surface area contributed by atoms with Crippen molar-refractivity contribution in [3.63, 3.8) is 0 Å². The standard InChI is InChI=1S/C14H19N3O3/c1-20-14-5-4-10(9-13(14)17(18)19)15-11-6-8-16-7-2-3-12(11)16/h4-5,9,11-12,15H,2-3,6-8H2,1H3. The van der Waals surface area contributed by atoms with Crippen LogP contribution in [-0.4, -0.2) is 42.1 Å². The van der Waals surface area contributed by atoms with Gasteiger partial charge < -0.3 is 10.1 Å². The summed E-state index contributed by atoms with van der Waals surface area (Å²) in [6, 6.07) is 6.04. The number of methoxy groups -OCH3 is 1. The van der Waals surface area contributed by atoms with Gasteiger partial charge in [0, 0.05) is 30.4 Å². The molecule has 0 radical (unpaired) electrons. The largest absolute Gasteiger partial charge is 0.490 e. The van der Waals surface area contributed by atoms with Crippen LogP contribution in [0.1, 0.15) is 19.3 Å². The van der Waals surface area contributed by atoms with Crippen LogP contribution in [0.25, 0.3) is 0 Å². The van der Waals surface area contributed by atoms with E-state index in [-0.39, 0.29) is 5.69 Å². The molecule has 2 aliphatic rings. The number of anilines is 1. The molecule has 2 saturated heterocycles. The lowest BCUT2D eigenvalue weighted by Gasteiger charge is -2.22. The zero-order chi connectivity index (χ0) is 14.1. The number of fused-ring (bicyclic) bond motifs is 1. The number of ether oxygens (including phenoxy) is 1. The van der Waals surface area contributed by atoms with Crippen LogP contribution in [0.4, 0.5) is 11.4 Å². The van der Waals surface area contributed by atoms with Crippen molar-refractivity contribution in [2.75, 3.05) is 25.5 Å². The summed E-state index contributed by atoms with van der Waals surface area (Å²) in [5, 5.41) is 14.5. The maximum atomic E-state index is 11.0. The third kappa shape index (κ3) is 2.31. The lowest BCUT2D eigenvalue weighted by molar-refractivity contribution is -0.385. The highest BCUT2D eigenvalue weighted by Gasteiger charge is 2.37. The molecule has 2 fully saturated rings. The molecule has 1 aromatic carbocycles. The van der Waals surface area contributed by atoms with Crippen LogP contribution in [-0.2, 0) is 0 Å². The fourth-order valence-corrected chi connectivity index (χ4v) is 3.39. The Labute approximate surface area is 117 Å². The molecule has 0 aliphatic carbocycles. The van der Waals surface area contributed by atoms with Gasteiger partial charge in [0.05, 0.1) is 12.0 Å². The van der Waals surface area contributed by atoms with Gasteiger partial charge in [0.25, 0.3) is 0 Å². The summed E-state index contributed by atoms with van der Waals surface area (Å²) >= 11 is 0. The molecule has 6 nitrogen and oxygen atoms in total. The number of nitrogens with one attached hydrogen (secondary N) is 1. The predicted molar refractivity (Wildman–Crippen MR) is 76.3 cm³/mol. The highest BCUT2D eigenvalue weighted by molar-refractivity contribution is 5.59. The molecule has 0 saturated carbocycles. The van der Waals surface area contributed by atoms with Crippen LogP contribution < -0.4 is 10.1 Å². The molecule has 2 atom stereocenters. The van der Waals surface area contributed by atoms with Gasteiger partial charge in [-0.3, -0.25) is 15.0 Å². The Hall–Kier alpha value is -1.82. The highest BCUT2D eigenvalue weighted by atomic mass is 16.6. The Morgan fingerprint density at radius 3 is 3.00 bits per heavy atom. The van der Waals surface area contributed by atoms with Crippen LogP contribution in [0.2, 0.25) is 0 Å². The number of benzene rings is 1. The van der Waals surface area contributed by atoms with Gasteiger partial charge >= 0.3 is 5.69 Å². The van der Waals surface area contributed by atoms with E-state index < -0.39 is 4.92 Å². The van der Waals surface area contributed by atoms with E-state index in [2.05, 4.69) is 10.2 Å². The molecule has 108 valence electrons. The van der Waals surface area contributed by atoms with Crippen molar-refractivity contribution in [1.82, 2.24) is 4.90 Å². The van der Waals surface area contributed by atoms with E-state index in [1.165, 1.54) is 26.5 Å². The fourth-order valence-electron chi connectivity index (χ4n) is 3.39. The summed E-state index contributed by atoms with van der Waals surface area (Å²) in [6.45, 7) is 2.31. The average Bonchev–Trinajstić information content (AvgIpc) is 3.03. The quantitative estimate of drug-likeness (QED) is 0.675. The average molecular weight is 277 g/mol. The van der Waals surface area contributed by atoms with E-state index in [4.69, 9.17) is 4.74 Å². The number of hydrogen-bond donors (Lipinski definition) is 1. The normalized spacial score (nSPS) is 25.4. The first-order valence-corrected chi connectivity index (χ1v) is 7.02. The van der Waals surface area contributed by atoms with Crippen LogP contribution in [0.3, 0.4) is 0 Å². The summed E-state index contributed by atoms with van der Waals surface area (Å²) in [4.78, 5) is 13.1. The number of hydrogen-bond acceptors (Lipinski definition) is 5. The second-order valence-electron chi connectivity index (χ2n) is 5.43. The van der Waals surface area contributed by atoms with Crippen molar-refractivity contribution in [1.29, 1.82) is 0 Å². The Bertz CT molecular complexity index is 520. The second kappa shape index (κ2) is 5.28. The summed E-state index contributed by atoms with van der Waals surface area (Å²) < 4.78 is 5.02. The van der Waals surface area contributed by atoms with E-state index >= 15 is 0 Å². The third-order valence-electron chi connectivity index (χ3n) is 4.33. The van der Waals surface area contributed by atoms with Crippen LogP contribution in [0, 0.1) is 10.1 Å². The summed E-state index contributed by atoms with van der Waals surface area (Å²) in [7, 11) is 1.45. The molecule has 0 aromatic heterocycles. The lowest BCUT2D eigenvalue weighted by atomic mass is 10.1. The van der Waals surface area contributed by atoms with Crippen molar-refractivity contribution in [2.24, 2.45) is 0 Å². The van der Waals surface area contributed by atoms with E-state index in [0.29, 0.717) is 17.8 Å². The molecule has 2 unspecified atom stereocenters. The highest BCUT2D eigenvalue weighted by Crippen LogP contribution is 2.33. The third-order valence-corrected chi connectivity index (χ3v) is 4.33. The molecule has 0 bridgehead atoms. The van der Waals surface area contributed by atoms with Crippen molar-refractivity contribution < 1.29 is 9.66 Å². The number of nitro benzene ring substituents is 1. The monoisotopic (exact) mass is 277 g/mol. The Balaban J connectivity index is 1.77. The molecule has 6 heteroatoms. The molecule has 2 heterocycles. The van der Waals surface area contributed by atoms with E-state index in [1.807, 2.05) is 6.07 Å². The summed E-state index contributed by atoms with van der Waals surface area (Å²) in [5.74, 6) is 0.300. The van der Waals surface area contributed by atoms with Gasteiger partial charge in [0.1, 0.15) is 0 Å². The van der Waals surface area contributed by atoms with Gasteiger partial charge in [0.2, 0.25) is 0 Å². The van der Waals surface area contributed by atoms with Crippen molar-refractivity contribution in [2.45, 2.75) is 31.3 Å². The summed E-state index contributed by atoms with van der Waals surface area (Å²) in [5.41, 5.74) is 0.815. The van der Waals surface area contributed by atoms with Gasteiger partial charge in [0.15, 0.2) is 5.75 Å². The van der Waals surface area contributed by atoms with Crippen molar-refractivity contribution in [3.8, 4) is 5.75 Å². The van der Waals surface area contributed by atoms with E-state index in [9.17, 15) is 10.1 Å². The van der Waals surface area contributed by atoms with E-state index in [0.717, 1.165) is 18.7 Å². The minimum Gasteiger partial charge on any atom is -0.490 e. The number of nitrogens with zero attached hydrogens (tertiary/aromatic N) is 2. The van der Waals surface area contributed by atoms with Crippen LogP contribution in [0.5, 0.6) is 5.75 Å². The van der Waals surface area contributed by atoms with E-state index in [1.54, 1.807) is 12.1 Å². The molecule has 3 rings (SSSR count). The van der Waals surface area contributed by atoms with Gasteiger partial charge in [-0.15, -0.1) is 0 Å². The maximum absolute atomic E-state index is 11.0. The van der Waals surface area contributed by atoms with Gasteiger partial charge in [-0.1, -0.05) is 0 Å². The molecule has 2 aliphatic heterocycles. The SMILES string of the molecule is COc1ccc(NC2CCN3CCCC23)cc1[N+](=O)[O-].